The smallest absolute Gasteiger partial charge is 0.187 e. The number of fused-ring (bicyclic) bond motifs is 6. The first kappa shape index (κ1) is 42.0. The SMILES string of the molecule is [C-]#[N+]c1cccc(-c2ccc3c(c2)c2cc(-c4cccc(C#N)c4)ccc2n3-c2ccc(-c3cc(-c4ccccc4)nc(-c4ccccc4)n3)cc2-c2cccc(-n3c4ccccc4c4ccccc43)c2)c1. The van der Waals surface area contributed by atoms with Gasteiger partial charge in [-0.1, -0.05) is 158 Å². The first-order valence-corrected chi connectivity index (χ1v) is 23.9. The lowest BCUT2D eigenvalue weighted by molar-refractivity contribution is 1.16. The average molecular weight is 917 g/mol. The molecule has 0 atom stereocenters. The van der Waals surface area contributed by atoms with Crippen molar-refractivity contribution < 1.29 is 0 Å². The van der Waals surface area contributed by atoms with Gasteiger partial charge in [-0.05, 0) is 113 Å². The Kier molecular flexibility index (Phi) is 10.2. The minimum atomic E-state index is 0.595. The van der Waals surface area contributed by atoms with Crippen molar-refractivity contribution in [3.8, 4) is 84.7 Å². The van der Waals surface area contributed by atoms with E-state index in [9.17, 15) is 5.26 Å². The van der Waals surface area contributed by atoms with Gasteiger partial charge in [-0.3, -0.25) is 0 Å². The normalized spacial score (nSPS) is 11.3. The summed E-state index contributed by atoms with van der Waals surface area (Å²) in [4.78, 5) is 14.2. The monoisotopic (exact) mass is 916 g/mol. The zero-order chi connectivity index (χ0) is 48.1. The molecule has 6 heteroatoms. The van der Waals surface area contributed by atoms with Gasteiger partial charge in [0.15, 0.2) is 11.5 Å². The molecule has 0 saturated heterocycles. The minimum absolute atomic E-state index is 0.595. The highest BCUT2D eigenvalue weighted by Crippen LogP contribution is 2.43. The third-order valence-electron chi connectivity index (χ3n) is 13.8. The molecule has 0 unspecified atom stereocenters. The van der Waals surface area contributed by atoms with Crippen LogP contribution in [0.4, 0.5) is 5.69 Å². The Hall–Kier alpha value is -10.1. The number of hydrogen-bond acceptors (Lipinski definition) is 3. The van der Waals surface area contributed by atoms with Crippen LogP contribution in [-0.4, -0.2) is 19.1 Å². The van der Waals surface area contributed by atoms with Crippen LogP contribution in [0.5, 0.6) is 0 Å². The maximum Gasteiger partial charge on any atom is 0.187 e. The van der Waals surface area contributed by atoms with Crippen molar-refractivity contribution in [1.82, 2.24) is 19.1 Å². The number of para-hydroxylation sites is 2. The summed E-state index contributed by atoms with van der Waals surface area (Å²) in [6.45, 7) is 7.75. The van der Waals surface area contributed by atoms with Gasteiger partial charge >= 0.3 is 0 Å². The molecule has 0 amide bonds. The summed E-state index contributed by atoms with van der Waals surface area (Å²) in [7, 11) is 0. The van der Waals surface area contributed by atoms with Crippen LogP contribution < -0.4 is 0 Å². The molecular weight excluding hydrogens is 877 g/mol. The Labute approximate surface area is 416 Å². The van der Waals surface area contributed by atoms with E-state index in [0.717, 1.165) is 106 Å². The molecule has 3 aromatic heterocycles. The first-order chi connectivity index (χ1) is 35.6. The van der Waals surface area contributed by atoms with Crippen LogP contribution in [0.25, 0.3) is 127 Å². The number of nitriles is 1. The maximum absolute atomic E-state index is 9.86. The molecule has 0 aliphatic carbocycles. The van der Waals surface area contributed by atoms with Crippen LogP contribution in [0.15, 0.2) is 243 Å². The Balaban J connectivity index is 1.08. The molecule has 13 aromatic rings. The Morgan fingerprint density at radius 3 is 1.57 bits per heavy atom. The highest BCUT2D eigenvalue weighted by atomic mass is 15.0. The molecular formula is C66H40N6. The third kappa shape index (κ3) is 7.27. The standard InChI is InChI=1S/C66H40N6/c1-68-52-23-13-21-47(36-52)49-30-33-65-58(39-49)57-38-48(46-20-12-15-43(35-46)42-67)29-32-64(57)72(65)63-34-31-51(60-41-59(44-16-4-2-5-17-44)69-66(70-60)45-18-6-3-7-19-45)40-56(63)50-22-14-24-53(37-50)71-61-27-10-8-25-54(61)55-26-9-11-28-62(55)71/h2-41H. The highest BCUT2D eigenvalue weighted by Gasteiger charge is 2.21. The predicted octanol–water partition coefficient (Wildman–Crippen LogP) is 17.1. The molecule has 3 heterocycles. The van der Waals surface area contributed by atoms with E-state index in [-0.39, 0.29) is 0 Å². The van der Waals surface area contributed by atoms with Gasteiger partial charge in [-0.2, -0.15) is 5.26 Å². The number of hydrogen-bond donors (Lipinski definition) is 0. The summed E-state index contributed by atoms with van der Waals surface area (Å²) in [5, 5.41) is 14.4. The maximum atomic E-state index is 9.86. The summed E-state index contributed by atoms with van der Waals surface area (Å²) < 4.78 is 4.75. The summed E-state index contributed by atoms with van der Waals surface area (Å²) in [6.07, 6.45) is 0. The van der Waals surface area contributed by atoms with Gasteiger partial charge in [0.2, 0.25) is 0 Å². The second kappa shape index (κ2) is 17.4. The van der Waals surface area contributed by atoms with E-state index in [1.165, 1.54) is 10.8 Å². The summed E-state index contributed by atoms with van der Waals surface area (Å²) in [5.41, 5.74) is 18.2. The van der Waals surface area contributed by atoms with Gasteiger partial charge in [-0.15, -0.1) is 0 Å². The lowest BCUT2D eigenvalue weighted by atomic mass is 9.97. The molecule has 334 valence electrons. The molecule has 0 bridgehead atoms. The lowest BCUT2D eigenvalue weighted by Crippen LogP contribution is -2.00. The van der Waals surface area contributed by atoms with Crippen LogP contribution in [0.1, 0.15) is 5.56 Å². The van der Waals surface area contributed by atoms with Crippen molar-refractivity contribution in [2.45, 2.75) is 0 Å². The number of nitrogens with zero attached hydrogens (tertiary/aromatic N) is 6. The molecule has 0 radical (unpaired) electrons. The van der Waals surface area contributed by atoms with E-state index in [1.807, 2.05) is 72.8 Å². The fraction of sp³-hybridized carbons (Fsp3) is 0. The van der Waals surface area contributed by atoms with Crippen LogP contribution in [0.2, 0.25) is 0 Å². The van der Waals surface area contributed by atoms with E-state index >= 15 is 0 Å². The Bertz CT molecular complexity index is 4130. The number of benzene rings is 10. The van der Waals surface area contributed by atoms with Crippen LogP contribution in [0, 0.1) is 17.9 Å². The fourth-order valence-corrected chi connectivity index (χ4v) is 10.4. The van der Waals surface area contributed by atoms with Gasteiger partial charge in [0, 0.05) is 49.5 Å². The minimum Gasteiger partial charge on any atom is -0.309 e. The second-order valence-electron chi connectivity index (χ2n) is 18.0. The zero-order valence-corrected chi connectivity index (χ0v) is 38.8. The molecule has 0 saturated carbocycles. The Morgan fingerprint density at radius 1 is 0.375 bits per heavy atom. The first-order valence-electron chi connectivity index (χ1n) is 23.9. The fourth-order valence-electron chi connectivity index (χ4n) is 10.4. The van der Waals surface area contributed by atoms with E-state index in [1.54, 1.807) is 0 Å². The molecule has 10 aromatic carbocycles. The van der Waals surface area contributed by atoms with Gasteiger partial charge in [-0.25, -0.2) is 14.8 Å². The van der Waals surface area contributed by atoms with Crippen LogP contribution in [-0.2, 0) is 0 Å². The lowest BCUT2D eigenvalue weighted by Gasteiger charge is -2.18. The van der Waals surface area contributed by atoms with Crippen molar-refractivity contribution in [1.29, 1.82) is 5.26 Å². The number of aromatic nitrogens is 4. The van der Waals surface area contributed by atoms with Crippen LogP contribution in [0.3, 0.4) is 0 Å². The average Bonchev–Trinajstić information content (AvgIpc) is 3.97. The number of rotatable bonds is 8. The summed E-state index contributed by atoms with van der Waals surface area (Å²) in [6, 6.07) is 86.5. The van der Waals surface area contributed by atoms with Crippen molar-refractivity contribution in [2.24, 2.45) is 0 Å². The second-order valence-corrected chi connectivity index (χ2v) is 18.0. The molecule has 0 fully saturated rings. The molecule has 0 spiro atoms. The molecule has 0 N–H and O–H groups in total. The van der Waals surface area contributed by atoms with E-state index in [0.29, 0.717) is 17.1 Å². The highest BCUT2D eigenvalue weighted by molar-refractivity contribution is 6.13. The zero-order valence-electron chi connectivity index (χ0n) is 38.8. The van der Waals surface area contributed by atoms with E-state index in [4.69, 9.17) is 16.5 Å². The topological polar surface area (TPSA) is 63.8 Å². The van der Waals surface area contributed by atoms with Crippen LogP contribution >= 0.6 is 0 Å². The van der Waals surface area contributed by atoms with Crippen molar-refractivity contribution in [2.75, 3.05) is 0 Å². The van der Waals surface area contributed by atoms with E-state index < -0.39 is 0 Å². The summed E-state index contributed by atoms with van der Waals surface area (Å²) >= 11 is 0. The predicted molar refractivity (Wildman–Crippen MR) is 294 cm³/mol. The molecule has 72 heavy (non-hydrogen) atoms. The molecule has 6 nitrogen and oxygen atoms in total. The molecule has 0 aliphatic heterocycles. The largest absolute Gasteiger partial charge is 0.309 e. The van der Waals surface area contributed by atoms with E-state index in [2.05, 4.69) is 190 Å². The van der Waals surface area contributed by atoms with Crippen molar-refractivity contribution in [3.05, 3.63) is 260 Å². The van der Waals surface area contributed by atoms with Gasteiger partial charge < -0.3 is 9.13 Å². The van der Waals surface area contributed by atoms with Gasteiger partial charge in [0.1, 0.15) is 0 Å². The molecule has 13 rings (SSSR count). The Morgan fingerprint density at radius 2 is 0.903 bits per heavy atom. The summed E-state index contributed by atoms with van der Waals surface area (Å²) in [5.74, 6) is 0.655. The van der Waals surface area contributed by atoms with Gasteiger partial charge in [0.25, 0.3) is 0 Å². The third-order valence-corrected chi connectivity index (χ3v) is 13.8. The van der Waals surface area contributed by atoms with Crippen molar-refractivity contribution in [3.63, 3.8) is 0 Å². The van der Waals surface area contributed by atoms with Gasteiger partial charge in [0.05, 0.1) is 57.3 Å². The quantitative estimate of drug-likeness (QED) is 0.143. The molecule has 0 aliphatic rings. The van der Waals surface area contributed by atoms with Crippen molar-refractivity contribution >= 4 is 49.3 Å².